The van der Waals surface area contributed by atoms with Gasteiger partial charge in [0.25, 0.3) is 0 Å². The van der Waals surface area contributed by atoms with Crippen LogP contribution in [-0.2, 0) is 32.5 Å². The van der Waals surface area contributed by atoms with Crippen molar-refractivity contribution in [3.8, 4) is 0 Å². The normalized spacial score (nSPS) is 14.9. The predicted octanol–water partition coefficient (Wildman–Crippen LogP) is 1.16. The Labute approximate surface area is 180 Å². The molecule has 158 valence electrons. The summed E-state index contributed by atoms with van der Waals surface area (Å²) >= 11 is 0. The highest BCUT2D eigenvalue weighted by atomic mass is 32.2. The van der Waals surface area contributed by atoms with Gasteiger partial charge in [0.1, 0.15) is 6.04 Å². The van der Waals surface area contributed by atoms with Crippen molar-refractivity contribution in [2.24, 2.45) is 4.99 Å². The minimum absolute atomic E-state index is 0.194. The summed E-state index contributed by atoms with van der Waals surface area (Å²) in [6, 6.07) is 14.4. The van der Waals surface area contributed by atoms with E-state index in [0.29, 0.717) is 6.61 Å². The van der Waals surface area contributed by atoms with E-state index >= 15 is 0 Å². The average Bonchev–Trinajstić information content (AvgIpc) is 3.23. The molecule has 0 radical (unpaired) electrons. The Bertz CT molecular complexity index is 1300. The molecule has 4 rings (SSSR count). The van der Waals surface area contributed by atoms with E-state index in [1.807, 2.05) is 6.07 Å². The summed E-state index contributed by atoms with van der Waals surface area (Å²) < 4.78 is 30.9. The molecule has 2 aromatic carbocycles. The van der Waals surface area contributed by atoms with Gasteiger partial charge in [0, 0.05) is 31.3 Å². The van der Waals surface area contributed by atoms with Gasteiger partial charge in [-0.3, -0.25) is 14.8 Å². The molecule has 0 spiro atoms. The summed E-state index contributed by atoms with van der Waals surface area (Å²) in [5.41, 5.74) is 1.58. The molecule has 0 fully saturated rings. The number of fused-ring (bicyclic) bond motifs is 1. The van der Waals surface area contributed by atoms with E-state index in [2.05, 4.69) is 15.3 Å². The van der Waals surface area contributed by atoms with Crippen LogP contribution < -0.4 is 15.9 Å². The van der Waals surface area contributed by atoms with Crippen molar-refractivity contribution >= 4 is 21.8 Å². The highest BCUT2D eigenvalue weighted by molar-refractivity contribution is 7.91. The molecule has 1 amide bonds. The van der Waals surface area contributed by atoms with E-state index in [9.17, 15) is 13.2 Å². The lowest BCUT2D eigenvalue weighted by atomic mass is 10.2. The largest absolute Gasteiger partial charge is 0.380 e. The zero-order valence-corrected chi connectivity index (χ0v) is 17.7. The molecule has 1 unspecified atom stereocenters. The number of sulfone groups is 1. The summed E-state index contributed by atoms with van der Waals surface area (Å²) in [4.78, 5) is 21.2. The first-order valence-corrected chi connectivity index (χ1v) is 11.1. The van der Waals surface area contributed by atoms with Crippen LogP contribution in [0.1, 0.15) is 11.1 Å². The smallest absolute Gasteiger partial charge is 0.249 e. The molecule has 31 heavy (non-hydrogen) atoms. The molecule has 1 N–H and O–H groups in total. The van der Waals surface area contributed by atoms with Gasteiger partial charge in [-0.05, 0) is 47.5 Å². The molecule has 0 bridgehead atoms. The first-order valence-electron chi connectivity index (χ1n) is 9.67. The number of nitrogens with zero attached hydrogens (tertiary/aromatic N) is 2. The first-order chi connectivity index (χ1) is 15.0. The van der Waals surface area contributed by atoms with Gasteiger partial charge < -0.3 is 10.1 Å². The Kier molecular flexibility index (Phi) is 5.92. The van der Waals surface area contributed by atoms with Gasteiger partial charge in [0.05, 0.1) is 21.8 Å². The second kappa shape index (κ2) is 8.79. The summed E-state index contributed by atoms with van der Waals surface area (Å²) in [7, 11) is -2.08. The molecular weight excluding hydrogens is 414 g/mol. The molecule has 0 saturated carbocycles. The highest BCUT2D eigenvalue weighted by Gasteiger charge is 2.19. The number of pyridine rings is 1. The number of amides is 1. The van der Waals surface area contributed by atoms with Crippen molar-refractivity contribution in [3.63, 3.8) is 0 Å². The molecule has 1 aliphatic heterocycles. The maximum Gasteiger partial charge on any atom is 0.249 e. The quantitative estimate of drug-likeness (QED) is 0.601. The minimum atomic E-state index is -3.64. The molecule has 7 nitrogen and oxygen atoms in total. The van der Waals surface area contributed by atoms with E-state index < -0.39 is 15.9 Å². The topological polar surface area (TPSA) is 97.7 Å². The van der Waals surface area contributed by atoms with Crippen LogP contribution in [0.2, 0.25) is 0 Å². The third-order valence-electron chi connectivity index (χ3n) is 4.93. The van der Waals surface area contributed by atoms with E-state index in [4.69, 9.17) is 4.74 Å². The maximum absolute atomic E-state index is 12.9. The summed E-state index contributed by atoms with van der Waals surface area (Å²) in [6.07, 6.45) is 5.08. The van der Waals surface area contributed by atoms with E-state index in [1.54, 1.807) is 74.1 Å². The number of methoxy groups -OCH3 is 1. The Morgan fingerprint density at radius 3 is 2.61 bits per heavy atom. The fourth-order valence-electron chi connectivity index (χ4n) is 3.32. The zero-order valence-electron chi connectivity index (χ0n) is 16.9. The number of carbonyl (C=O) groups excluding carboxylic acids is 1. The van der Waals surface area contributed by atoms with Crippen LogP contribution in [0.25, 0.3) is 6.08 Å². The molecule has 0 aliphatic carbocycles. The SMILES string of the molecule is COCc1cccc(S(=O)(=O)c2ccc(CNC(=O)C3C=c4cnccc4=N3)cc2)c1. The average molecular weight is 436 g/mol. The van der Waals surface area contributed by atoms with Crippen LogP contribution in [0.5, 0.6) is 0 Å². The minimum Gasteiger partial charge on any atom is -0.380 e. The number of carbonyl (C=O) groups is 1. The monoisotopic (exact) mass is 435 g/mol. The lowest BCUT2D eigenvalue weighted by molar-refractivity contribution is -0.121. The van der Waals surface area contributed by atoms with Crippen molar-refractivity contribution in [2.45, 2.75) is 29.0 Å². The summed E-state index contributed by atoms with van der Waals surface area (Å²) in [5, 5.41) is 4.43. The molecule has 8 heteroatoms. The number of hydrogen-bond donors (Lipinski definition) is 1. The van der Waals surface area contributed by atoms with E-state index in [-0.39, 0.29) is 22.2 Å². The number of aromatic nitrogens is 1. The third-order valence-corrected chi connectivity index (χ3v) is 6.70. The van der Waals surface area contributed by atoms with E-state index in [0.717, 1.165) is 21.7 Å². The van der Waals surface area contributed by atoms with Gasteiger partial charge >= 0.3 is 0 Å². The molecule has 1 aromatic heterocycles. The predicted molar refractivity (Wildman–Crippen MR) is 114 cm³/mol. The Morgan fingerprint density at radius 1 is 1.06 bits per heavy atom. The van der Waals surface area contributed by atoms with Crippen molar-refractivity contribution in [1.29, 1.82) is 0 Å². The third kappa shape index (κ3) is 4.55. The molecular formula is C23H21N3O4S. The fraction of sp³-hybridized carbons (Fsp3) is 0.174. The molecule has 1 aliphatic rings. The van der Waals surface area contributed by atoms with Gasteiger partial charge in [0.2, 0.25) is 15.7 Å². The lowest BCUT2D eigenvalue weighted by Crippen LogP contribution is -2.31. The van der Waals surface area contributed by atoms with Crippen LogP contribution in [-0.4, -0.2) is 32.5 Å². The van der Waals surface area contributed by atoms with Crippen molar-refractivity contribution < 1.29 is 17.9 Å². The number of ether oxygens (including phenoxy) is 1. The summed E-state index contributed by atoms with van der Waals surface area (Å²) in [6.45, 7) is 0.616. The number of rotatable bonds is 7. The Morgan fingerprint density at radius 2 is 1.87 bits per heavy atom. The molecule has 0 saturated heterocycles. The van der Waals surface area contributed by atoms with Gasteiger partial charge in [0.15, 0.2) is 0 Å². The molecule has 3 aromatic rings. The van der Waals surface area contributed by atoms with Crippen molar-refractivity contribution in [2.75, 3.05) is 7.11 Å². The molecule has 2 heterocycles. The second-order valence-corrected chi connectivity index (χ2v) is 9.07. The van der Waals surface area contributed by atoms with Crippen LogP contribution in [0.15, 0.2) is 81.8 Å². The van der Waals surface area contributed by atoms with Gasteiger partial charge in [-0.25, -0.2) is 8.42 Å². The Hall–Kier alpha value is -3.36. The standard InChI is InChI=1S/C23H21N3O4S/c1-30-15-17-3-2-4-20(11-17)31(28,29)19-7-5-16(6-8-19)13-25-23(27)22-12-18-14-24-10-9-21(18)26-22/h2-12,14,22H,13,15H2,1H3,(H,25,27). The number of benzene rings is 2. The van der Waals surface area contributed by atoms with Gasteiger partial charge in [-0.1, -0.05) is 24.3 Å². The van der Waals surface area contributed by atoms with Crippen LogP contribution in [0.3, 0.4) is 0 Å². The van der Waals surface area contributed by atoms with E-state index in [1.165, 1.54) is 0 Å². The fourth-order valence-corrected chi connectivity index (χ4v) is 4.65. The maximum atomic E-state index is 12.9. The zero-order chi connectivity index (χ0) is 21.8. The summed E-state index contributed by atoms with van der Waals surface area (Å²) in [5.74, 6) is -0.220. The molecule has 1 atom stereocenters. The second-order valence-electron chi connectivity index (χ2n) is 7.12. The number of nitrogens with one attached hydrogen (secondary N) is 1. The van der Waals surface area contributed by atoms with Crippen molar-refractivity contribution in [3.05, 3.63) is 88.7 Å². The van der Waals surface area contributed by atoms with Gasteiger partial charge in [-0.2, -0.15) is 0 Å². The van der Waals surface area contributed by atoms with Crippen LogP contribution in [0, 0.1) is 0 Å². The first kappa shape index (κ1) is 20.9. The number of hydrogen-bond acceptors (Lipinski definition) is 6. The van der Waals surface area contributed by atoms with Crippen LogP contribution >= 0.6 is 0 Å². The van der Waals surface area contributed by atoms with Crippen molar-refractivity contribution in [1.82, 2.24) is 10.3 Å². The van der Waals surface area contributed by atoms with Gasteiger partial charge in [-0.15, -0.1) is 0 Å². The van der Waals surface area contributed by atoms with Crippen LogP contribution in [0.4, 0.5) is 0 Å². The Balaban J connectivity index is 1.43. The highest BCUT2D eigenvalue weighted by Crippen LogP contribution is 2.22. The lowest BCUT2D eigenvalue weighted by Gasteiger charge is -2.10.